The fourth-order valence-corrected chi connectivity index (χ4v) is 1.30. The lowest BCUT2D eigenvalue weighted by atomic mass is 9.98. The topological polar surface area (TPSA) is 76.0 Å². The highest BCUT2D eigenvalue weighted by molar-refractivity contribution is 5.88. The molecule has 0 radical (unpaired) electrons. The van der Waals surface area contributed by atoms with Crippen LogP contribution in [0.4, 0.5) is 0 Å². The standard InChI is InChI=1S/C8H12O5/c1-4-3-13-8(11)6(12-2)5(4)7(9)10/h4,8,11H,3H2,1-2H3,(H,9,10). The second-order valence-corrected chi connectivity index (χ2v) is 2.87. The molecular formula is C8H12O5. The minimum atomic E-state index is -1.26. The Morgan fingerprint density at radius 3 is 2.69 bits per heavy atom. The molecule has 74 valence electrons. The second-order valence-electron chi connectivity index (χ2n) is 2.87. The lowest BCUT2D eigenvalue weighted by Crippen LogP contribution is -2.32. The number of aliphatic hydroxyl groups excluding tert-OH is 1. The molecule has 0 spiro atoms. The first kappa shape index (κ1) is 10.0. The molecule has 1 rings (SSSR count). The summed E-state index contributed by atoms with van der Waals surface area (Å²) in [6.45, 7) is 1.89. The number of hydrogen-bond donors (Lipinski definition) is 2. The van der Waals surface area contributed by atoms with E-state index < -0.39 is 12.3 Å². The number of ether oxygens (including phenoxy) is 2. The van der Waals surface area contributed by atoms with E-state index in [1.165, 1.54) is 7.11 Å². The summed E-state index contributed by atoms with van der Waals surface area (Å²) in [5.41, 5.74) is 0.0845. The van der Waals surface area contributed by atoms with E-state index in [1.54, 1.807) is 6.92 Å². The third-order valence-corrected chi connectivity index (χ3v) is 1.94. The van der Waals surface area contributed by atoms with Gasteiger partial charge >= 0.3 is 5.97 Å². The molecule has 0 saturated heterocycles. The Kier molecular flexibility index (Phi) is 2.90. The smallest absolute Gasteiger partial charge is 0.335 e. The number of aliphatic carboxylic acids is 1. The predicted octanol–water partition coefficient (Wildman–Crippen LogP) is -0.0438. The van der Waals surface area contributed by atoms with Crippen LogP contribution < -0.4 is 0 Å². The maximum Gasteiger partial charge on any atom is 0.335 e. The minimum absolute atomic E-state index is 0.00810. The molecule has 0 aromatic carbocycles. The van der Waals surface area contributed by atoms with Crippen LogP contribution in [0.1, 0.15) is 6.92 Å². The zero-order valence-electron chi connectivity index (χ0n) is 7.48. The van der Waals surface area contributed by atoms with Crippen LogP contribution in [-0.4, -0.2) is 36.2 Å². The zero-order valence-corrected chi connectivity index (χ0v) is 7.48. The van der Waals surface area contributed by atoms with Crippen LogP contribution in [0.3, 0.4) is 0 Å². The van der Waals surface area contributed by atoms with Gasteiger partial charge in [0.15, 0.2) is 5.76 Å². The van der Waals surface area contributed by atoms with Crippen LogP contribution >= 0.6 is 0 Å². The molecule has 0 aromatic rings. The first-order valence-electron chi connectivity index (χ1n) is 3.89. The Balaban J connectivity index is 3.07. The Bertz CT molecular complexity index is 245. The maximum atomic E-state index is 10.8. The van der Waals surface area contributed by atoms with Gasteiger partial charge in [0.25, 0.3) is 0 Å². The van der Waals surface area contributed by atoms with Gasteiger partial charge in [0.05, 0.1) is 19.3 Å². The molecule has 5 heteroatoms. The van der Waals surface area contributed by atoms with E-state index in [1.807, 2.05) is 0 Å². The molecule has 2 N–H and O–H groups in total. The number of carboxylic acids is 1. The van der Waals surface area contributed by atoms with Crippen molar-refractivity contribution < 1.29 is 24.5 Å². The average Bonchev–Trinajstić information content (AvgIpc) is 2.07. The van der Waals surface area contributed by atoms with Crippen molar-refractivity contribution >= 4 is 5.97 Å². The molecule has 1 aliphatic heterocycles. The summed E-state index contributed by atoms with van der Waals surface area (Å²) in [6.07, 6.45) is -1.26. The highest BCUT2D eigenvalue weighted by Crippen LogP contribution is 2.25. The SMILES string of the molecule is COC1=C(C(=O)O)C(C)COC1O. The first-order chi connectivity index (χ1) is 6.07. The van der Waals surface area contributed by atoms with E-state index in [0.717, 1.165) is 0 Å². The number of methoxy groups -OCH3 is 1. The van der Waals surface area contributed by atoms with Gasteiger partial charge in [0.2, 0.25) is 6.29 Å². The second kappa shape index (κ2) is 3.76. The molecule has 0 aliphatic carbocycles. The fraction of sp³-hybridized carbons (Fsp3) is 0.625. The van der Waals surface area contributed by atoms with Crippen LogP contribution in [0.5, 0.6) is 0 Å². The van der Waals surface area contributed by atoms with Crippen molar-refractivity contribution in [2.24, 2.45) is 5.92 Å². The Hall–Kier alpha value is -1.07. The molecule has 1 aliphatic rings. The van der Waals surface area contributed by atoms with Gasteiger partial charge in [0.1, 0.15) is 0 Å². The predicted molar refractivity (Wildman–Crippen MR) is 42.8 cm³/mol. The van der Waals surface area contributed by atoms with Gasteiger partial charge in [0, 0.05) is 5.92 Å². The lowest BCUT2D eigenvalue weighted by molar-refractivity contribution is -0.142. The number of carbonyl (C=O) groups is 1. The van der Waals surface area contributed by atoms with Crippen molar-refractivity contribution in [1.82, 2.24) is 0 Å². The fourth-order valence-electron chi connectivity index (χ4n) is 1.30. The van der Waals surface area contributed by atoms with E-state index in [0.29, 0.717) is 0 Å². The van der Waals surface area contributed by atoms with Crippen molar-refractivity contribution in [3.8, 4) is 0 Å². The van der Waals surface area contributed by atoms with Crippen molar-refractivity contribution in [3.63, 3.8) is 0 Å². The number of aliphatic hydroxyl groups is 1. The van der Waals surface area contributed by atoms with Gasteiger partial charge in [-0.05, 0) is 0 Å². The normalized spacial score (nSPS) is 28.8. The highest BCUT2D eigenvalue weighted by atomic mass is 16.6. The summed E-state index contributed by atoms with van der Waals surface area (Å²) in [5, 5.41) is 18.1. The van der Waals surface area contributed by atoms with Gasteiger partial charge in [-0.15, -0.1) is 0 Å². The van der Waals surface area contributed by atoms with Gasteiger partial charge < -0.3 is 19.7 Å². The van der Waals surface area contributed by atoms with E-state index in [-0.39, 0.29) is 23.9 Å². The third kappa shape index (κ3) is 1.81. The van der Waals surface area contributed by atoms with E-state index >= 15 is 0 Å². The summed E-state index contributed by atoms with van der Waals surface area (Å²) in [4.78, 5) is 10.8. The molecule has 0 saturated carbocycles. The van der Waals surface area contributed by atoms with E-state index in [9.17, 15) is 9.90 Å². The molecule has 2 unspecified atom stereocenters. The molecule has 13 heavy (non-hydrogen) atoms. The number of hydrogen-bond acceptors (Lipinski definition) is 4. The summed E-state index contributed by atoms with van der Waals surface area (Å²) < 4.78 is 9.65. The van der Waals surface area contributed by atoms with Crippen molar-refractivity contribution in [2.45, 2.75) is 13.2 Å². The Morgan fingerprint density at radius 2 is 2.31 bits per heavy atom. The lowest BCUT2D eigenvalue weighted by Gasteiger charge is -2.26. The van der Waals surface area contributed by atoms with Crippen LogP contribution in [0.15, 0.2) is 11.3 Å². The van der Waals surface area contributed by atoms with Gasteiger partial charge in [-0.3, -0.25) is 0 Å². The van der Waals surface area contributed by atoms with Crippen LogP contribution in [0.25, 0.3) is 0 Å². The summed E-state index contributed by atoms with van der Waals surface area (Å²) in [5.74, 6) is -1.35. The Morgan fingerprint density at radius 1 is 1.69 bits per heavy atom. The molecule has 1 heterocycles. The van der Waals surface area contributed by atoms with Crippen molar-refractivity contribution in [2.75, 3.05) is 13.7 Å². The molecule has 2 atom stereocenters. The maximum absolute atomic E-state index is 10.8. The quantitative estimate of drug-likeness (QED) is 0.635. The molecular weight excluding hydrogens is 176 g/mol. The number of carboxylic acid groups (broad SMARTS) is 1. The molecule has 5 nitrogen and oxygen atoms in total. The highest BCUT2D eigenvalue weighted by Gasteiger charge is 2.32. The third-order valence-electron chi connectivity index (χ3n) is 1.94. The number of rotatable bonds is 2. The van der Waals surface area contributed by atoms with E-state index in [4.69, 9.17) is 14.6 Å². The van der Waals surface area contributed by atoms with Crippen LogP contribution in [-0.2, 0) is 14.3 Å². The van der Waals surface area contributed by atoms with Crippen molar-refractivity contribution in [1.29, 1.82) is 0 Å². The van der Waals surface area contributed by atoms with Crippen LogP contribution in [0.2, 0.25) is 0 Å². The zero-order chi connectivity index (χ0) is 10.0. The average molecular weight is 188 g/mol. The van der Waals surface area contributed by atoms with Gasteiger partial charge in [-0.1, -0.05) is 6.92 Å². The summed E-state index contributed by atoms with van der Waals surface area (Å²) >= 11 is 0. The van der Waals surface area contributed by atoms with Gasteiger partial charge in [-0.25, -0.2) is 4.79 Å². The van der Waals surface area contributed by atoms with E-state index in [2.05, 4.69) is 0 Å². The monoisotopic (exact) mass is 188 g/mol. The minimum Gasteiger partial charge on any atom is -0.495 e. The summed E-state index contributed by atoms with van der Waals surface area (Å²) in [7, 11) is 1.31. The van der Waals surface area contributed by atoms with Gasteiger partial charge in [-0.2, -0.15) is 0 Å². The molecule has 0 amide bonds. The van der Waals surface area contributed by atoms with Crippen molar-refractivity contribution in [3.05, 3.63) is 11.3 Å². The molecule has 0 bridgehead atoms. The largest absolute Gasteiger partial charge is 0.495 e. The molecule has 0 fully saturated rings. The first-order valence-corrected chi connectivity index (χ1v) is 3.89. The van der Waals surface area contributed by atoms with Crippen LogP contribution in [0, 0.1) is 5.92 Å². The Labute approximate surface area is 75.6 Å². The summed E-state index contributed by atoms with van der Waals surface area (Å²) in [6, 6.07) is 0. The molecule has 0 aromatic heterocycles.